The lowest BCUT2D eigenvalue weighted by Gasteiger charge is -2.19. The maximum Gasteiger partial charge on any atom is 0.207 e. The third-order valence-corrected chi connectivity index (χ3v) is 9.65. The highest BCUT2D eigenvalue weighted by atomic mass is 31.2. The first-order valence-corrected chi connectivity index (χ1v) is 19.6. The second-order valence-electron chi connectivity index (χ2n) is 13.0. The van der Waals surface area contributed by atoms with Gasteiger partial charge in [0.15, 0.2) is 0 Å². The van der Waals surface area contributed by atoms with Crippen LogP contribution in [0, 0.1) is 0 Å². The summed E-state index contributed by atoms with van der Waals surface area (Å²) in [5.41, 5.74) is 9.85. The number of nitrogens with one attached hydrogen (secondary N) is 4. The molecule has 0 aliphatic carbocycles. The molecule has 4 rings (SSSR count). The molecule has 1 aliphatic rings. The molecular formula is C41H64N5O2P. The number of allylic oxidation sites excluding steroid dienone is 2. The van der Waals surface area contributed by atoms with Gasteiger partial charge in [0.05, 0.1) is 11.4 Å². The van der Waals surface area contributed by atoms with E-state index in [2.05, 4.69) is 91.5 Å². The highest BCUT2D eigenvalue weighted by Crippen LogP contribution is 2.50. The van der Waals surface area contributed by atoms with Crippen LogP contribution >= 0.6 is 7.11 Å². The number of amides is 1. The number of aromatic nitrogens is 1. The van der Waals surface area contributed by atoms with E-state index in [-0.39, 0.29) is 6.04 Å². The van der Waals surface area contributed by atoms with E-state index in [9.17, 15) is 9.69 Å². The van der Waals surface area contributed by atoms with E-state index in [1.54, 1.807) is 12.2 Å². The number of carbonyl (C=O) groups excluding carboxylic acids is 1. The minimum Gasteiger partial charge on any atom is -0.387 e. The van der Waals surface area contributed by atoms with E-state index >= 15 is 0 Å². The van der Waals surface area contributed by atoms with Crippen LogP contribution in [0.3, 0.4) is 0 Å². The summed E-state index contributed by atoms with van der Waals surface area (Å²) in [6.07, 6.45) is 15.1. The average molecular weight is 690 g/mol. The fourth-order valence-corrected chi connectivity index (χ4v) is 5.98. The van der Waals surface area contributed by atoms with Crippen molar-refractivity contribution in [2.45, 2.75) is 71.3 Å². The van der Waals surface area contributed by atoms with Gasteiger partial charge in [-0.15, -0.1) is 13.2 Å². The van der Waals surface area contributed by atoms with Crippen molar-refractivity contribution in [3.63, 3.8) is 0 Å². The van der Waals surface area contributed by atoms with E-state index in [1.807, 2.05) is 64.5 Å². The Morgan fingerprint density at radius 1 is 1.06 bits per heavy atom. The highest BCUT2D eigenvalue weighted by molar-refractivity contribution is 7.77. The van der Waals surface area contributed by atoms with Gasteiger partial charge < -0.3 is 30.7 Å². The first-order valence-electron chi connectivity index (χ1n) is 17.2. The molecule has 0 fully saturated rings. The molecule has 8 heteroatoms. The minimum atomic E-state index is -2.31. The molecule has 0 radical (unpaired) electrons. The maximum atomic E-state index is 10.0. The molecule has 270 valence electrons. The van der Waals surface area contributed by atoms with Gasteiger partial charge in [-0.25, -0.2) is 0 Å². The molecule has 2 unspecified atom stereocenters. The number of fused-ring (bicyclic) bond motifs is 2. The number of anilines is 1. The number of hydrogen-bond acceptors (Lipinski definition) is 5. The summed E-state index contributed by atoms with van der Waals surface area (Å²) in [7, 11) is 5.50. The molecule has 1 aromatic heterocycles. The first kappa shape index (κ1) is 43.3. The van der Waals surface area contributed by atoms with Crippen molar-refractivity contribution in [2.24, 2.45) is 0 Å². The standard InChI is InChI=1S/C17H25N.C15H19N2OP.C7H13NO.C2H7N/c1-5-6-7-8-14-11-16(13(2)3)12-15-9-10-18(4)17(14)15;1-10(16-3)15-9-13-8-12(6-7-14(13)17-15)11(2)19(4,5)18;1-3-4-5-7(2)8-6-9;1-3-2/h5,11-13H,1,6-10H2,2-4H3;6-9,16-18H,1-2,4H2,3,5H3;3,6-7H,1,4-5H2,2H3,(H,8,9);3H,1-2H3. The zero-order valence-electron chi connectivity index (χ0n) is 31.6. The van der Waals surface area contributed by atoms with Crippen molar-refractivity contribution in [1.29, 1.82) is 0 Å². The Kier molecular flexibility index (Phi) is 19.5. The van der Waals surface area contributed by atoms with Gasteiger partial charge >= 0.3 is 0 Å². The summed E-state index contributed by atoms with van der Waals surface area (Å²) in [4.78, 5) is 25.6. The van der Waals surface area contributed by atoms with Gasteiger partial charge in [0.2, 0.25) is 6.41 Å². The highest BCUT2D eigenvalue weighted by Gasteiger charge is 2.21. The SMILES string of the molecule is C=C(NC)c1cc2cc(C(=C)P(=C)(C)O)ccc2[nH]1.C=CCCC(C)NC=O.C=CCCCc1cc(C(C)C)cc2c1N(C)CC2.CNC. The van der Waals surface area contributed by atoms with Gasteiger partial charge in [-0.3, -0.25) is 4.79 Å². The van der Waals surface area contributed by atoms with Crippen LogP contribution in [-0.4, -0.2) is 70.0 Å². The molecule has 0 saturated carbocycles. The predicted molar refractivity (Wildman–Crippen MR) is 221 cm³/mol. The van der Waals surface area contributed by atoms with Gasteiger partial charge in [-0.1, -0.05) is 63.7 Å². The zero-order chi connectivity index (χ0) is 37.1. The van der Waals surface area contributed by atoms with Crippen LogP contribution in [0.2, 0.25) is 0 Å². The summed E-state index contributed by atoms with van der Waals surface area (Å²) in [5, 5.41) is 10.2. The Hall–Kier alpha value is -3.77. The summed E-state index contributed by atoms with van der Waals surface area (Å²) >= 11 is 0. The third-order valence-electron chi connectivity index (χ3n) is 8.23. The van der Waals surface area contributed by atoms with Crippen LogP contribution in [0.4, 0.5) is 5.69 Å². The molecule has 2 heterocycles. The molecule has 0 bridgehead atoms. The smallest absolute Gasteiger partial charge is 0.207 e. The Bertz CT molecular complexity index is 1570. The maximum absolute atomic E-state index is 10.0. The number of rotatable bonds is 14. The number of benzene rings is 2. The van der Waals surface area contributed by atoms with Crippen molar-refractivity contribution < 1.29 is 9.69 Å². The van der Waals surface area contributed by atoms with Gasteiger partial charge in [0.1, 0.15) is 0 Å². The average Bonchev–Trinajstić information content (AvgIpc) is 3.67. The zero-order valence-corrected chi connectivity index (χ0v) is 32.5. The Labute approximate surface area is 297 Å². The second kappa shape index (κ2) is 22.0. The lowest BCUT2D eigenvalue weighted by Crippen LogP contribution is -2.23. The van der Waals surface area contributed by atoms with Crippen molar-refractivity contribution in [1.82, 2.24) is 20.9 Å². The van der Waals surface area contributed by atoms with Crippen LogP contribution in [0.15, 0.2) is 74.9 Å². The number of aryl methyl sites for hydroxylation is 1. The fourth-order valence-electron chi connectivity index (χ4n) is 5.28. The quantitative estimate of drug-likeness (QED) is 0.0507. The molecule has 1 aliphatic heterocycles. The summed E-state index contributed by atoms with van der Waals surface area (Å²) in [6.45, 7) is 24.7. The monoisotopic (exact) mass is 689 g/mol. The molecule has 49 heavy (non-hydrogen) atoms. The molecule has 7 nitrogen and oxygen atoms in total. The Balaban J connectivity index is 0.000000373. The molecular weight excluding hydrogens is 625 g/mol. The van der Waals surface area contributed by atoms with Crippen LogP contribution in [0.1, 0.15) is 80.3 Å². The van der Waals surface area contributed by atoms with Crippen molar-refractivity contribution in [3.05, 3.63) is 103 Å². The summed E-state index contributed by atoms with van der Waals surface area (Å²) < 4.78 is 0. The first-order chi connectivity index (χ1) is 23.2. The lowest BCUT2D eigenvalue weighted by atomic mass is 9.94. The molecule has 2 atom stereocenters. The van der Waals surface area contributed by atoms with Crippen LogP contribution < -0.4 is 20.9 Å². The van der Waals surface area contributed by atoms with Gasteiger partial charge in [0, 0.05) is 50.4 Å². The normalized spacial score (nSPS) is 13.2. The second-order valence-corrected chi connectivity index (χ2v) is 15.9. The summed E-state index contributed by atoms with van der Waals surface area (Å²) in [6, 6.07) is 13.1. The van der Waals surface area contributed by atoms with E-state index < -0.39 is 7.11 Å². The van der Waals surface area contributed by atoms with E-state index in [1.165, 1.54) is 42.6 Å². The van der Waals surface area contributed by atoms with Gasteiger partial charge in [0.25, 0.3) is 0 Å². The van der Waals surface area contributed by atoms with Crippen molar-refractivity contribution >= 4 is 47.4 Å². The lowest BCUT2D eigenvalue weighted by molar-refractivity contribution is -0.110. The molecule has 2 aromatic carbocycles. The van der Waals surface area contributed by atoms with Crippen molar-refractivity contribution in [2.75, 3.05) is 46.3 Å². The number of H-pyrrole nitrogens is 1. The van der Waals surface area contributed by atoms with Crippen LogP contribution in [0.25, 0.3) is 21.9 Å². The largest absolute Gasteiger partial charge is 0.387 e. The number of carbonyl (C=O) groups is 1. The summed E-state index contributed by atoms with van der Waals surface area (Å²) in [5.74, 6) is 0.624. The van der Waals surface area contributed by atoms with Crippen LogP contribution in [0.5, 0.6) is 0 Å². The minimum absolute atomic E-state index is 0.278. The topological polar surface area (TPSA) is 92.4 Å². The van der Waals surface area contributed by atoms with Gasteiger partial charge in [-0.2, -0.15) is 0 Å². The number of nitrogens with zero attached hydrogens (tertiary/aromatic N) is 1. The number of unbranched alkanes of at least 4 members (excludes halogenated alkanes) is 1. The van der Waals surface area contributed by atoms with E-state index in [0.29, 0.717) is 11.2 Å². The number of likely N-dealkylation sites (N-methyl/N-ethyl adjacent to an activating group) is 1. The van der Waals surface area contributed by atoms with Crippen molar-refractivity contribution in [3.8, 4) is 0 Å². The molecule has 5 N–H and O–H groups in total. The molecule has 0 spiro atoms. The number of aromatic amines is 1. The van der Waals surface area contributed by atoms with Gasteiger partial charge in [-0.05, 0) is 118 Å². The third kappa shape index (κ3) is 14.3. The molecule has 1 amide bonds. The molecule has 0 saturated heterocycles. The molecule has 3 aromatic rings. The van der Waals surface area contributed by atoms with Crippen LogP contribution in [-0.2, 0) is 17.6 Å². The number of hydrogen-bond donors (Lipinski definition) is 5. The Morgan fingerprint density at radius 2 is 1.71 bits per heavy atom. The fraction of sp³-hybridized carbons (Fsp3) is 0.415. The van der Waals surface area contributed by atoms with E-state index in [4.69, 9.17) is 0 Å². The Morgan fingerprint density at radius 3 is 2.27 bits per heavy atom. The van der Waals surface area contributed by atoms with E-state index in [0.717, 1.165) is 53.5 Å². The predicted octanol–water partition coefficient (Wildman–Crippen LogP) is 8.55.